The Morgan fingerprint density at radius 1 is 1.03 bits per heavy atom. The number of benzene rings is 2. The number of nitrogens with one attached hydrogen (secondary N) is 1. The molecule has 1 heterocycles. The van der Waals surface area contributed by atoms with Gasteiger partial charge < -0.3 is 24.4 Å². The van der Waals surface area contributed by atoms with E-state index in [-0.39, 0.29) is 24.8 Å². The zero-order chi connectivity index (χ0) is 21.8. The minimum atomic E-state index is -0.443. The summed E-state index contributed by atoms with van der Waals surface area (Å²) < 4.78 is 16.1. The molecule has 3 rings (SSSR count). The standard InChI is InChI=1S/C23H28N2O5/c1-14(2)15-6-8-17(9-7-15)24-23(27)16-10-21(26)25(13-16)18-11-19(28-3)22(30-5)20(12-18)29-4/h6-9,11-12,14,16H,10,13H2,1-5H3,(H,24,27). The van der Waals surface area contributed by atoms with E-state index in [1.54, 1.807) is 17.0 Å². The lowest BCUT2D eigenvalue weighted by Gasteiger charge is -2.20. The van der Waals surface area contributed by atoms with Crippen LogP contribution >= 0.6 is 0 Å². The van der Waals surface area contributed by atoms with Crippen LogP contribution in [0.3, 0.4) is 0 Å². The maximum Gasteiger partial charge on any atom is 0.229 e. The lowest BCUT2D eigenvalue weighted by molar-refractivity contribution is -0.122. The van der Waals surface area contributed by atoms with E-state index in [4.69, 9.17) is 14.2 Å². The fourth-order valence-corrected chi connectivity index (χ4v) is 3.55. The van der Waals surface area contributed by atoms with Gasteiger partial charge in [-0.3, -0.25) is 9.59 Å². The Morgan fingerprint density at radius 3 is 2.13 bits per heavy atom. The van der Waals surface area contributed by atoms with Crippen molar-refractivity contribution in [2.75, 3.05) is 38.1 Å². The Labute approximate surface area is 176 Å². The van der Waals surface area contributed by atoms with Crippen molar-refractivity contribution in [1.29, 1.82) is 0 Å². The number of hydrogen-bond acceptors (Lipinski definition) is 5. The molecule has 1 atom stereocenters. The number of nitrogens with zero attached hydrogens (tertiary/aromatic N) is 1. The summed E-state index contributed by atoms with van der Waals surface area (Å²) in [6, 6.07) is 11.2. The summed E-state index contributed by atoms with van der Waals surface area (Å²) in [5, 5.41) is 2.92. The van der Waals surface area contributed by atoms with Crippen LogP contribution in [0.5, 0.6) is 17.2 Å². The summed E-state index contributed by atoms with van der Waals surface area (Å²) in [6.07, 6.45) is 0.145. The first-order valence-electron chi connectivity index (χ1n) is 9.89. The highest BCUT2D eigenvalue weighted by molar-refractivity contribution is 6.03. The third-order valence-electron chi connectivity index (χ3n) is 5.30. The van der Waals surface area contributed by atoms with Gasteiger partial charge in [0.15, 0.2) is 11.5 Å². The average Bonchev–Trinajstić information content (AvgIpc) is 3.14. The summed E-state index contributed by atoms with van der Waals surface area (Å²) >= 11 is 0. The smallest absolute Gasteiger partial charge is 0.229 e. The normalized spacial score (nSPS) is 16.0. The molecule has 7 heteroatoms. The lowest BCUT2D eigenvalue weighted by Crippen LogP contribution is -2.28. The van der Waals surface area contributed by atoms with Crippen LogP contribution < -0.4 is 24.4 Å². The van der Waals surface area contributed by atoms with Gasteiger partial charge in [0, 0.05) is 30.8 Å². The van der Waals surface area contributed by atoms with E-state index in [0.717, 1.165) is 5.69 Å². The van der Waals surface area contributed by atoms with Crippen molar-refractivity contribution in [3.8, 4) is 17.2 Å². The quantitative estimate of drug-likeness (QED) is 0.748. The molecule has 1 N–H and O–H groups in total. The van der Waals surface area contributed by atoms with Gasteiger partial charge in [0.25, 0.3) is 0 Å². The fourth-order valence-electron chi connectivity index (χ4n) is 3.55. The van der Waals surface area contributed by atoms with Crippen molar-refractivity contribution in [3.63, 3.8) is 0 Å². The van der Waals surface area contributed by atoms with E-state index in [1.165, 1.54) is 26.9 Å². The number of anilines is 2. The van der Waals surface area contributed by atoms with Crippen molar-refractivity contribution in [2.24, 2.45) is 5.92 Å². The van der Waals surface area contributed by atoms with Crippen LogP contribution in [0.25, 0.3) is 0 Å². The second kappa shape index (κ2) is 9.07. The maximum absolute atomic E-state index is 12.7. The minimum absolute atomic E-state index is 0.125. The van der Waals surface area contributed by atoms with E-state index >= 15 is 0 Å². The highest BCUT2D eigenvalue weighted by Gasteiger charge is 2.36. The van der Waals surface area contributed by atoms with Crippen LogP contribution in [0.1, 0.15) is 31.7 Å². The second-order valence-electron chi connectivity index (χ2n) is 7.55. The fraction of sp³-hybridized carbons (Fsp3) is 0.391. The van der Waals surface area contributed by atoms with Crippen LogP contribution in [0, 0.1) is 5.92 Å². The number of amides is 2. The number of carbonyl (C=O) groups is 2. The molecule has 1 aliphatic heterocycles. The molecular weight excluding hydrogens is 384 g/mol. The third-order valence-corrected chi connectivity index (χ3v) is 5.30. The molecule has 0 aliphatic carbocycles. The highest BCUT2D eigenvalue weighted by atomic mass is 16.5. The molecule has 0 radical (unpaired) electrons. The molecule has 0 spiro atoms. The number of rotatable bonds is 7. The van der Waals surface area contributed by atoms with Crippen LogP contribution in [0.15, 0.2) is 36.4 Å². The van der Waals surface area contributed by atoms with Crippen LogP contribution in [-0.4, -0.2) is 39.7 Å². The lowest BCUT2D eigenvalue weighted by atomic mass is 10.0. The van der Waals surface area contributed by atoms with Gasteiger partial charge >= 0.3 is 0 Å². The molecule has 1 saturated heterocycles. The summed E-state index contributed by atoms with van der Waals surface area (Å²) in [4.78, 5) is 27.0. The van der Waals surface area contributed by atoms with Gasteiger partial charge in [-0.1, -0.05) is 26.0 Å². The molecule has 30 heavy (non-hydrogen) atoms. The maximum atomic E-state index is 12.7. The minimum Gasteiger partial charge on any atom is -0.493 e. The van der Waals surface area contributed by atoms with Gasteiger partial charge in [-0.25, -0.2) is 0 Å². The molecule has 160 valence electrons. The monoisotopic (exact) mass is 412 g/mol. The molecule has 2 aromatic carbocycles. The third kappa shape index (κ3) is 4.35. The number of carbonyl (C=O) groups excluding carboxylic acids is 2. The van der Waals surface area contributed by atoms with Crippen LogP contribution in [0.4, 0.5) is 11.4 Å². The highest BCUT2D eigenvalue weighted by Crippen LogP contribution is 2.42. The van der Waals surface area contributed by atoms with E-state index in [9.17, 15) is 9.59 Å². The predicted octanol–water partition coefficient (Wildman–Crippen LogP) is 3.83. The molecule has 0 aromatic heterocycles. The van der Waals surface area contributed by atoms with Gasteiger partial charge in [0.1, 0.15) is 0 Å². The average molecular weight is 412 g/mol. The molecule has 1 aliphatic rings. The topological polar surface area (TPSA) is 77.1 Å². The van der Waals surface area contributed by atoms with Crippen molar-refractivity contribution in [1.82, 2.24) is 0 Å². The largest absolute Gasteiger partial charge is 0.493 e. The zero-order valence-corrected chi connectivity index (χ0v) is 18.0. The Bertz CT molecular complexity index is 899. The van der Waals surface area contributed by atoms with Gasteiger partial charge in [-0.15, -0.1) is 0 Å². The van der Waals surface area contributed by atoms with E-state index in [2.05, 4.69) is 19.2 Å². The van der Waals surface area contributed by atoms with Crippen molar-refractivity contribution >= 4 is 23.2 Å². The van der Waals surface area contributed by atoms with Crippen molar-refractivity contribution < 1.29 is 23.8 Å². The van der Waals surface area contributed by atoms with Gasteiger partial charge in [-0.05, 0) is 23.6 Å². The van der Waals surface area contributed by atoms with Crippen molar-refractivity contribution in [3.05, 3.63) is 42.0 Å². The summed E-state index contributed by atoms with van der Waals surface area (Å²) in [6.45, 7) is 4.53. The SMILES string of the molecule is COc1cc(N2CC(C(=O)Nc3ccc(C(C)C)cc3)CC2=O)cc(OC)c1OC. The van der Waals surface area contributed by atoms with Gasteiger partial charge in [-0.2, -0.15) is 0 Å². The first-order chi connectivity index (χ1) is 14.4. The van der Waals surface area contributed by atoms with E-state index in [1.807, 2.05) is 24.3 Å². The van der Waals surface area contributed by atoms with Crippen LogP contribution in [-0.2, 0) is 9.59 Å². The Hall–Kier alpha value is -3.22. The zero-order valence-electron chi connectivity index (χ0n) is 18.0. The van der Waals surface area contributed by atoms with Gasteiger partial charge in [0.2, 0.25) is 17.6 Å². The molecule has 7 nitrogen and oxygen atoms in total. The number of ether oxygens (including phenoxy) is 3. The Kier molecular flexibility index (Phi) is 6.50. The summed E-state index contributed by atoms with van der Waals surface area (Å²) in [5.74, 6) is 1.05. The molecule has 1 unspecified atom stereocenters. The Balaban J connectivity index is 1.75. The first kappa shape index (κ1) is 21.5. The molecular formula is C23H28N2O5. The molecule has 0 bridgehead atoms. The molecule has 0 saturated carbocycles. The Morgan fingerprint density at radius 2 is 1.63 bits per heavy atom. The predicted molar refractivity (Wildman–Crippen MR) is 116 cm³/mol. The summed E-state index contributed by atoms with van der Waals surface area (Å²) in [7, 11) is 4.57. The number of methoxy groups -OCH3 is 3. The van der Waals surface area contributed by atoms with E-state index in [0.29, 0.717) is 28.9 Å². The molecule has 1 fully saturated rings. The van der Waals surface area contributed by atoms with Crippen LogP contribution in [0.2, 0.25) is 0 Å². The van der Waals surface area contributed by atoms with E-state index < -0.39 is 5.92 Å². The second-order valence-corrected chi connectivity index (χ2v) is 7.55. The van der Waals surface area contributed by atoms with Crippen molar-refractivity contribution in [2.45, 2.75) is 26.2 Å². The first-order valence-corrected chi connectivity index (χ1v) is 9.89. The summed E-state index contributed by atoms with van der Waals surface area (Å²) in [5.41, 5.74) is 2.53. The van der Waals surface area contributed by atoms with Gasteiger partial charge in [0.05, 0.1) is 32.9 Å². The molecule has 2 amide bonds. The number of hydrogen-bond donors (Lipinski definition) is 1. The molecule has 2 aromatic rings.